The summed E-state index contributed by atoms with van der Waals surface area (Å²) in [5, 5.41) is 4.84. The van der Waals surface area contributed by atoms with Gasteiger partial charge in [-0.1, -0.05) is 0 Å². The van der Waals surface area contributed by atoms with Crippen molar-refractivity contribution in [3.63, 3.8) is 0 Å². The largest absolute Gasteiger partial charge is 0.365 e. The lowest BCUT2D eigenvalue weighted by molar-refractivity contribution is -0.762. The molecule has 0 aliphatic heterocycles. The van der Waals surface area contributed by atoms with Crippen molar-refractivity contribution in [2.24, 2.45) is 5.14 Å². The third-order valence-corrected chi connectivity index (χ3v) is 2.57. The fourth-order valence-electron chi connectivity index (χ4n) is 0.652. The fourth-order valence-corrected chi connectivity index (χ4v) is 1.46. The highest BCUT2D eigenvalue weighted by atomic mass is 32.2. The summed E-state index contributed by atoms with van der Waals surface area (Å²) >= 11 is 0. The number of nitrogens with two attached hydrogens (primary N) is 1. The van der Waals surface area contributed by atoms with Crippen LogP contribution in [0.3, 0.4) is 0 Å². The molecule has 0 amide bonds. The van der Waals surface area contributed by atoms with Gasteiger partial charge in [-0.05, 0) is 13.8 Å². The minimum Gasteiger partial charge on any atom is -0.216 e. The van der Waals surface area contributed by atoms with Gasteiger partial charge < -0.3 is 0 Å². The maximum absolute atomic E-state index is 10.5. The summed E-state index contributed by atoms with van der Waals surface area (Å²) in [5.41, 5.74) is 0. The molecule has 0 unspecified atom stereocenters. The Hall–Kier alpha value is -0.130. The molecule has 0 saturated heterocycles. The Labute approximate surface area is 55.8 Å². The molecular formula is C4H13N2O2S+. The zero-order valence-electron chi connectivity index (χ0n) is 5.72. The zero-order chi connectivity index (χ0) is 7.49. The predicted octanol–water partition coefficient (Wildman–Crippen LogP) is -1.89. The van der Waals surface area contributed by atoms with E-state index >= 15 is 0 Å². The highest BCUT2D eigenvalue weighted by Gasteiger charge is 2.15. The molecule has 0 aromatic carbocycles. The Bertz CT molecular complexity index is 159. The summed E-state index contributed by atoms with van der Waals surface area (Å²) in [5.74, 6) is 0. The van der Waals surface area contributed by atoms with Gasteiger partial charge in [-0.25, -0.2) is 4.31 Å². The second-order valence-electron chi connectivity index (χ2n) is 1.79. The summed E-state index contributed by atoms with van der Waals surface area (Å²) in [4.78, 5) is 0. The van der Waals surface area contributed by atoms with E-state index in [9.17, 15) is 8.42 Å². The van der Waals surface area contributed by atoms with Crippen molar-refractivity contribution in [2.75, 3.05) is 13.1 Å². The Kier molecular flexibility index (Phi) is 3.10. The molecule has 0 rings (SSSR count). The first-order valence-corrected chi connectivity index (χ1v) is 4.44. The van der Waals surface area contributed by atoms with Crippen LogP contribution in [0, 0.1) is 0 Å². The Morgan fingerprint density at radius 3 is 1.67 bits per heavy atom. The second kappa shape index (κ2) is 3.14. The molecule has 4 nitrogen and oxygen atoms in total. The molecule has 0 spiro atoms. The first-order valence-electron chi connectivity index (χ1n) is 2.89. The third-order valence-electron chi connectivity index (χ3n) is 1.19. The maximum atomic E-state index is 10.5. The highest BCUT2D eigenvalue weighted by molar-refractivity contribution is 7.82. The number of nitrogens with one attached hydrogen (secondary N) is 1. The molecule has 0 radical (unpaired) electrons. The number of hydrogen-bond donors (Lipinski definition) is 2. The number of rotatable bonds is 3. The van der Waals surface area contributed by atoms with Crippen molar-refractivity contribution >= 4 is 10.2 Å². The van der Waals surface area contributed by atoms with Crippen LogP contribution in [-0.2, 0) is 10.2 Å². The smallest absolute Gasteiger partial charge is 0.216 e. The number of quaternary nitrogens is 1. The van der Waals surface area contributed by atoms with Crippen molar-refractivity contribution in [2.45, 2.75) is 13.8 Å². The average molecular weight is 153 g/mol. The van der Waals surface area contributed by atoms with Gasteiger partial charge in [0.2, 0.25) is 0 Å². The molecule has 0 fully saturated rings. The topological polar surface area (TPSA) is 64.6 Å². The standard InChI is InChI=1S/C4H12N2O2S/c1-3-6(4-2)9(5,7)8/h3-4H2,1-2H3,(H2,5,7,8)/p+1. The molecule has 0 aromatic rings. The van der Waals surface area contributed by atoms with Gasteiger partial charge in [-0.15, -0.1) is 0 Å². The van der Waals surface area contributed by atoms with Gasteiger partial charge in [-0.2, -0.15) is 13.6 Å². The Morgan fingerprint density at radius 1 is 1.33 bits per heavy atom. The van der Waals surface area contributed by atoms with Crippen LogP contribution in [0.5, 0.6) is 0 Å². The molecule has 0 atom stereocenters. The molecule has 0 bridgehead atoms. The van der Waals surface area contributed by atoms with Crippen LogP contribution in [0.4, 0.5) is 0 Å². The number of hydrogen-bond acceptors (Lipinski definition) is 2. The van der Waals surface area contributed by atoms with Crippen LogP contribution in [-0.4, -0.2) is 21.5 Å². The molecule has 0 saturated carbocycles. The van der Waals surface area contributed by atoms with E-state index in [2.05, 4.69) is 0 Å². The van der Waals surface area contributed by atoms with E-state index in [1.165, 1.54) is 0 Å². The van der Waals surface area contributed by atoms with Crippen LogP contribution in [0.15, 0.2) is 0 Å². The van der Waals surface area contributed by atoms with Crippen molar-refractivity contribution < 1.29 is 12.7 Å². The first-order chi connectivity index (χ1) is 4.02. The van der Waals surface area contributed by atoms with Crippen molar-refractivity contribution in [3.8, 4) is 0 Å². The Morgan fingerprint density at radius 2 is 1.67 bits per heavy atom. The van der Waals surface area contributed by atoms with E-state index in [1.54, 1.807) is 13.8 Å². The molecule has 56 valence electrons. The predicted molar refractivity (Wildman–Crippen MR) is 35.2 cm³/mol. The Balaban J connectivity index is 4.14. The first kappa shape index (κ1) is 8.87. The average Bonchev–Trinajstić information content (AvgIpc) is 1.65. The van der Waals surface area contributed by atoms with Gasteiger partial charge in [0.25, 0.3) is 0 Å². The van der Waals surface area contributed by atoms with Crippen LogP contribution >= 0.6 is 0 Å². The lowest BCUT2D eigenvalue weighted by Gasteiger charge is -2.09. The van der Waals surface area contributed by atoms with Crippen LogP contribution in [0.25, 0.3) is 0 Å². The molecule has 0 aromatic heterocycles. The van der Waals surface area contributed by atoms with Gasteiger partial charge in [0.05, 0.1) is 13.1 Å². The minimum absolute atomic E-state index is 0.419. The fraction of sp³-hybridized carbons (Fsp3) is 1.00. The molecule has 0 heterocycles. The summed E-state index contributed by atoms with van der Waals surface area (Å²) in [6.45, 7) is 4.61. The van der Waals surface area contributed by atoms with Crippen molar-refractivity contribution in [3.05, 3.63) is 0 Å². The van der Waals surface area contributed by atoms with Crippen molar-refractivity contribution in [1.82, 2.24) is 0 Å². The lowest BCUT2D eigenvalue weighted by atomic mass is 10.7. The van der Waals surface area contributed by atoms with E-state index in [0.29, 0.717) is 17.4 Å². The normalized spacial score (nSPS) is 12.4. The van der Waals surface area contributed by atoms with E-state index in [1.807, 2.05) is 0 Å². The summed E-state index contributed by atoms with van der Waals surface area (Å²) in [6.07, 6.45) is 0. The zero-order valence-corrected chi connectivity index (χ0v) is 6.53. The van der Waals surface area contributed by atoms with E-state index in [0.717, 1.165) is 0 Å². The second-order valence-corrected chi connectivity index (χ2v) is 3.46. The monoisotopic (exact) mass is 153 g/mol. The lowest BCUT2D eigenvalue weighted by Crippen LogP contribution is -3.14. The van der Waals surface area contributed by atoms with Gasteiger partial charge in [-0.3, -0.25) is 0 Å². The molecule has 0 aliphatic rings. The highest BCUT2D eigenvalue weighted by Crippen LogP contribution is 1.55. The van der Waals surface area contributed by atoms with Gasteiger partial charge >= 0.3 is 10.2 Å². The quantitative estimate of drug-likeness (QED) is 0.498. The van der Waals surface area contributed by atoms with Crippen LogP contribution < -0.4 is 9.44 Å². The van der Waals surface area contributed by atoms with Gasteiger partial charge in [0.1, 0.15) is 0 Å². The van der Waals surface area contributed by atoms with Gasteiger partial charge in [0, 0.05) is 0 Å². The summed E-state index contributed by atoms with van der Waals surface area (Å²) < 4.78 is 21.5. The van der Waals surface area contributed by atoms with Crippen LogP contribution in [0.1, 0.15) is 13.8 Å². The van der Waals surface area contributed by atoms with E-state index in [4.69, 9.17) is 5.14 Å². The van der Waals surface area contributed by atoms with E-state index < -0.39 is 10.2 Å². The molecule has 9 heavy (non-hydrogen) atoms. The molecular weight excluding hydrogens is 140 g/mol. The molecule has 3 N–H and O–H groups in total. The third kappa shape index (κ3) is 2.78. The molecule has 5 heteroatoms. The van der Waals surface area contributed by atoms with Gasteiger partial charge in [0.15, 0.2) is 0 Å². The SMILES string of the molecule is CC[NH+](CC)S(N)(=O)=O. The minimum atomic E-state index is -3.35. The van der Waals surface area contributed by atoms with Crippen LogP contribution in [0.2, 0.25) is 0 Å². The molecule has 0 aliphatic carbocycles. The summed E-state index contributed by atoms with van der Waals surface area (Å²) in [6, 6.07) is 0. The van der Waals surface area contributed by atoms with E-state index in [-0.39, 0.29) is 0 Å². The maximum Gasteiger partial charge on any atom is 0.365 e. The summed E-state index contributed by atoms with van der Waals surface area (Å²) in [7, 11) is -3.35. The van der Waals surface area contributed by atoms with Crippen molar-refractivity contribution in [1.29, 1.82) is 0 Å².